The molecule has 0 heterocycles. The van der Waals surface area contributed by atoms with E-state index in [0.29, 0.717) is 10.6 Å². The normalized spacial score (nSPS) is 11.1. The lowest BCUT2D eigenvalue weighted by Gasteiger charge is -2.24. The van der Waals surface area contributed by atoms with Crippen molar-refractivity contribution in [3.05, 3.63) is 75.8 Å². The molecule has 0 aliphatic rings. The summed E-state index contributed by atoms with van der Waals surface area (Å²) >= 11 is 5.80. The number of nitrogens with zero attached hydrogens (tertiary/aromatic N) is 2. The Hall–Kier alpha value is -2.38. The average Bonchev–Trinajstić information content (AvgIpc) is 2.53. The molecule has 0 atom stereocenters. The number of non-ortho nitro benzene ring substituents is 1. The molecule has 6 nitrogen and oxygen atoms in total. The highest BCUT2D eigenvalue weighted by Gasteiger charge is 2.26. The van der Waals surface area contributed by atoms with Gasteiger partial charge in [0.25, 0.3) is 15.7 Å². The van der Waals surface area contributed by atoms with Gasteiger partial charge in [0, 0.05) is 17.2 Å². The van der Waals surface area contributed by atoms with Crippen LogP contribution in [0.3, 0.4) is 0 Å². The minimum absolute atomic E-state index is 0.0209. The number of nitro groups is 1. The summed E-state index contributed by atoms with van der Waals surface area (Å²) in [6.45, 7) is 5.24. The van der Waals surface area contributed by atoms with Gasteiger partial charge in [-0.25, -0.2) is 8.42 Å². The molecule has 0 saturated heterocycles. The van der Waals surface area contributed by atoms with Gasteiger partial charge in [0.1, 0.15) is 0 Å². The van der Waals surface area contributed by atoms with Gasteiger partial charge >= 0.3 is 0 Å². The van der Waals surface area contributed by atoms with Crippen LogP contribution >= 0.6 is 11.6 Å². The van der Waals surface area contributed by atoms with Crippen LogP contribution in [0.4, 0.5) is 11.4 Å². The van der Waals surface area contributed by atoms with Crippen molar-refractivity contribution in [3.63, 3.8) is 0 Å². The van der Waals surface area contributed by atoms with Crippen molar-refractivity contribution in [2.24, 2.45) is 0 Å². The van der Waals surface area contributed by atoms with Crippen LogP contribution in [0.1, 0.15) is 5.56 Å². The van der Waals surface area contributed by atoms with Gasteiger partial charge in [0.05, 0.1) is 22.1 Å². The van der Waals surface area contributed by atoms with Gasteiger partial charge in [-0.15, -0.1) is 6.58 Å². The van der Waals surface area contributed by atoms with E-state index in [4.69, 9.17) is 11.6 Å². The molecule has 2 aromatic rings. The van der Waals surface area contributed by atoms with Crippen molar-refractivity contribution < 1.29 is 13.3 Å². The third kappa shape index (κ3) is 3.58. The molecule has 24 heavy (non-hydrogen) atoms. The standard InChI is InChI=1S/C16H15ClN2O4S/c1-3-10-18(16-11-14(19(20)21)7-4-12(16)2)24(22,23)15-8-5-13(17)6-9-15/h3-9,11H,1,10H2,2H3. The summed E-state index contributed by atoms with van der Waals surface area (Å²) in [6, 6.07) is 9.82. The lowest BCUT2D eigenvalue weighted by atomic mass is 10.2. The molecule has 126 valence electrons. The summed E-state index contributed by atoms with van der Waals surface area (Å²) in [5, 5.41) is 11.4. The number of halogens is 1. The molecular formula is C16H15ClN2O4S. The van der Waals surface area contributed by atoms with E-state index in [2.05, 4.69) is 6.58 Å². The van der Waals surface area contributed by atoms with Crippen LogP contribution in [0.15, 0.2) is 60.0 Å². The van der Waals surface area contributed by atoms with Gasteiger partial charge in [0.2, 0.25) is 0 Å². The number of benzene rings is 2. The number of hydrogen-bond acceptors (Lipinski definition) is 4. The van der Waals surface area contributed by atoms with Crippen molar-refractivity contribution in [2.45, 2.75) is 11.8 Å². The number of rotatable bonds is 6. The summed E-state index contributed by atoms with van der Waals surface area (Å²) in [4.78, 5) is 10.5. The number of hydrogen-bond donors (Lipinski definition) is 0. The maximum absolute atomic E-state index is 12.9. The summed E-state index contributed by atoms with van der Waals surface area (Å²) in [7, 11) is -3.92. The van der Waals surface area contributed by atoms with Crippen LogP contribution < -0.4 is 4.31 Å². The van der Waals surface area contributed by atoms with E-state index in [-0.39, 0.29) is 22.8 Å². The first kappa shape index (κ1) is 18.0. The Morgan fingerprint density at radius 2 is 1.88 bits per heavy atom. The largest absolute Gasteiger partial charge is 0.271 e. The fourth-order valence-electron chi connectivity index (χ4n) is 2.16. The second kappa shape index (κ2) is 7.02. The van der Waals surface area contributed by atoms with Gasteiger partial charge in [-0.1, -0.05) is 23.7 Å². The van der Waals surface area contributed by atoms with Gasteiger partial charge in [0.15, 0.2) is 0 Å². The molecule has 0 radical (unpaired) electrons. The molecule has 8 heteroatoms. The van der Waals surface area contributed by atoms with Crippen LogP contribution in [0.5, 0.6) is 0 Å². The molecule has 0 amide bonds. The van der Waals surface area contributed by atoms with E-state index in [1.165, 1.54) is 48.5 Å². The highest BCUT2D eigenvalue weighted by Crippen LogP contribution is 2.30. The number of nitro benzene ring substituents is 1. The average molecular weight is 367 g/mol. The first-order valence-corrected chi connectivity index (χ1v) is 8.73. The molecule has 0 aliphatic heterocycles. The predicted octanol–water partition coefficient (Wildman–Crippen LogP) is 3.94. The van der Waals surface area contributed by atoms with Crippen molar-refractivity contribution in [1.29, 1.82) is 0 Å². The molecule has 0 aromatic heterocycles. The summed E-state index contributed by atoms with van der Waals surface area (Å²) in [5.74, 6) is 0. The maximum Gasteiger partial charge on any atom is 0.271 e. The Balaban J connectivity index is 2.61. The van der Waals surface area contributed by atoms with E-state index < -0.39 is 14.9 Å². The minimum atomic E-state index is -3.92. The highest BCUT2D eigenvalue weighted by atomic mass is 35.5. The lowest BCUT2D eigenvalue weighted by molar-refractivity contribution is -0.384. The van der Waals surface area contributed by atoms with E-state index >= 15 is 0 Å². The summed E-state index contributed by atoms with van der Waals surface area (Å²) < 4.78 is 27.0. The maximum atomic E-state index is 12.9. The lowest BCUT2D eigenvalue weighted by Crippen LogP contribution is -2.31. The van der Waals surface area contributed by atoms with Gasteiger partial charge in [-0.2, -0.15) is 0 Å². The fourth-order valence-corrected chi connectivity index (χ4v) is 3.77. The monoisotopic (exact) mass is 366 g/mol. The fraction of sp³-hybridized carbons (Fsp3) is 0.125. The third-order valence-corrected chi connectivity index (χ3v) is 5.41. The Morgan fingerprint density at radius 3 is 2.42 bits per heavy atom. The minimum Gasteiger partial charge on any atom is -0.262 e. The van der Waals surface area contributed by atoms with E-state index in [9.17, 15) is 18.5 Å². The molecule has 0 bridgehead atoms. The number of sulfonamides is 1. The number of anilines is 1. The SMILES string of the molecule is C=CCN(c1cc([N+](=O)[O-])ccc1C)S(=O)(=O)c1ccc(Cl)cc1. The van der Waals surface area contributed by atoms with Crippen molar-refractivity contribution in [1.82, 2.24) is 0 Å². The molecule has 0 spiro atoms. The van der Waals surface area contributed by atoms with Crippen molar-refractivity contribution in [2.75, 3.05) is 10.8 Å². The molecule has 2 rings (SSSR count). The van der Waals surface area contributed by atoms with Crippen molar-refractivity contribution >= 4 is 33.0 Å². The van der Waals surface area contributed by atoms with E-state index in [1.807, 2.05) is 0 Å². The van der Waals surface area contributed by atoms with E-state index in [0.717, 1.165) is 4.31 Å². The molecular weight excluding hydrogens is 352 g/mol. The van der Waals surface area contributed by atoms with Crippen molar-refractivity contribution in [3.8, 4) is 0 Å². The number of aryl methyl sites for hydroxylation is 1. The molecule has 0 unspecified atom stereocenters. The first-order valence-electron chi connectivity index (χ1n) is 6.91. The second-order valence-electron chi connectivity index (χ2n) is 5.01. The van der Waals surface area contributed by atoms with Crippen LogP contribution in [0.2, 0.25) is 5.02 Å². The smallest absolute Gasteiger partial charge is 0.262 e. The Labute approximate surface area is 145 Å². The summed E-state index contributed by atoms with van der Waals surface area (Å²) in [6.07, 6.45) is 1.42. The predicted molar refractivity (Wildman–Crippen MR) is 94.0 cm³/mol. The van der Waals surface area contributed by atoms with Gasteiger partial charge < -0.3 is 0 Å². The zero-order valence-corrected chi connectivity index (χ0v) is 14.4. The van der Waals surface area contributed by atoms with Crippen LogP contribution in [-0.2, 0) is 10.0 Å². The highest BCUT2D eigenvalue weighted by molar-refractivity contribution is 7.92. The van der Waals surface area contributed by atoms with Crippen LogP contribution in [0.25, 0.3) is 0 Å². The molecule has 2 aromatic carbocycles. The topological polar surface area (TPSA) is 80.5 Å². The third-order valence-electron chi connectivity index (χ3n) is 3.37. The molecule has 0 N–H and O–H groups in total. The van der Waals surface area contributed by atoms with Crippen LogP contribution in [-0.4, -0.2) is 19.9 Å². The zero-order valence-electron chi connectivity index (χ0n) is 12.8. The molecule has 0 saturated carbocycles. The quantitative estimate of drug-likeness (QED) is 0.440. The Kier molecular flexibility index (Phi) is 5.26. The van der Waals surface area contributed by atoms with Crippen LogP contribution in [0, 0.1) is 17.0 Å². The first-order chi connectivity index (χ1) is 11.3. The molecule has 0 aliphatic carbocycles. The Bertz CT molecular complexity index is 879. The summed E-state index contributed by atoms with van der Waals surface area (Å²) in [5.41, 5.74) is 0.648. The van der Waals surface area contributed by atoms with Gasteiger partial charge in [-0.05, 0) is 36.8 Å². The molecule has 0 fully saturated rings. The van der Waals surface area contributed by atoms with E-state index in [1.54, 1.807) is 6.92 Å². The van der Waals surface area contributed by atoms with Gasteiger partial charge in [-0.3, -0.25) is 14.4 Å². The second-order valence-corrected chi connectivity index (χ2v) is 7.31. The Morgan fingerprint density at radius 1 is 1.25 bits per heavy atom. The zero-order chi connectivity index (χ0) is 17.9.